The minimum atomic E-state index is 0.601. The molecule has 0 unspecified atom stereocenters. The summed E-state index contributed by atoms with van der Waals surface area (Å²) >= 11 is 0. The molecule has 12 aromatic rings. The fourth-order valence-corrected chi connectivity index (χ4v) is 8.89. The van der Waals surface area contributed by atoms with Crippen molar-refractivity contribution in [1.82, 2.24) is 24.9 Å². The van der Waals surface area contributed by atoms with Crippen molar-refractivity contribution in [2.45, 2.75) is 0 Å². The highest BCUT2D eigenvalue weighted by molar-refractivity contribution is 5.96. The molecule has 5 nitrogen and oxygen atoms in total. The van der Waals surface area contributed by atoms with Crippen LogP contribution in [-0.4, -0.2) is 24.9 Å². The van der Waals surface area contributed by atoms with Gasteiger partial charge in [0.2, 0.25) is 0 Å². The minimum Gasteiger partial charge on any atom is -0.256 e. The van der Waals surface area contributed by atoms with Crippen molar-refractivity contribution in [3.8, 4) is 78.7 Å². The third kappa shape index (κ3) is 6.91. The predicted molar refractivity (Wildman–Crippen MR) is 263 cm³/mol. The summed E-state index contributed by atoms with van der Waals surface area (Å²) in [6.45, 7) is 0. The summed E-state index contributed by atoms with van der Waals surface area (Å²) in [5.74, 6) is 1.84. The first-order chi connectivity index (χ1) is 31.7. The molecule has 0 aliphatic rings. The second-order valence-electron chi connectivity index (χ2n) is 16.1. The largest absolute Gasteiger partial charge is 0.256 e. The smallest absolute Gasteiger partial charge is 0.164 e. The average Bonchev–Trinajstić information content (AvgIpc) is 3.38. The van der Waals surface area contributed by atoms with Crippen LogP contribution < -0.4 is 0 Å². The number of fused-ring (bicyclic) bond motifs is 4. The van der Waals surface area contributed by atoms with Crippen molar-refractivity contribution in [3.63, 3.8) is 0 Å². The van der Waals surface area contributed by atoms with E-state index in [-0.39, 0.29) is 0 Å². The molecule has 0 bridgehead atoms. The summed E-state index contributed by atoms with van der Waals surface area (Å²) in [7, 11) is 0. The monoisotopic (exact) mass is 815 g/mol. The first kappa shape index (κ1) is 37.1. The molecule has 0 saturated carbocycles. The van der Waals surface area contributed by atoms with Crippen LogP contribution in [-0.2, 0) is 0 Å². The number of benzene rings is 9. The fourth-order valence-electron chi connectivity index (χ4n) is 8.89. The summed E-state index contributed by atoms with van der Waals surface area (Å²) in [5.41, 5.74) is 13.6. The summed E-state index contributed by atoms with van der Waals surface area (Å²) in [4.78, 5) is 24.9. The Balaban J connectivity index is 1.02. The molecule has 0 aliphatic carbocycles. The van der Waals surface area contributed by atoms with Crippen LogP contribution >= 0.6 is 0 Å². The molecular weight excluding hydrogens is 779 g/mol. The van der Waals surface area contributed by atoms with Crippen LogP contribution in [0, 0.1) is 0 Å². The molecule has 9 aromatic carbocycles. The van der Waals surface area contributed by atoms with E-state index in [1.54, 1.807) is 0 Å². The number of para-hydroxylation sites is 2. The maximum atomic E-state index is 5.27. The van der Waals surface area contributed by atoms with Crippen molar-refractivity contribution in [2.24, 2.45) is 0 Å². The van der Waals surface area contributed by atoms with Crippen molar-refractivity contribution in [3.05, 3.63) is 225 Å². The molecule has 0 amide bonds. The van der Waals surface area contributed by atoms with E-state index in [9.17, 15) is 0 Å². The number of nitrogens with zero attached hydrogens (tertiary/aromatic N) is 5. The van der Waals surface area contributed by atoms with Gasteiger partial charge in [0.15, 0.2) is 17.5 Å². The Kier molecular flexibility index (Phi) is 9.08. The summed E-state index contributed by atoms with van der Waals surface area (Å²) < 4.78 is 0. The van der Waals surface area contributed by atoms with E-state index in [4.69, 9.17) is 15.0 Å². The maximum Gasteiger partial charge on any atom is 0.164 e. The molecule has 0 radical (unpaired) electrons. The third-order valence-corrected chi connectivity index (χ3v) is 12.2. The van der Waals surface area contributed by atoms with Crippen molar-refractivity contribution in [2.75, 3.05) is 0 Å². The van der Waals surface area contributed by atoms with E-state index in [1.807, 2.05) is 24.5 Å². The van der Waals surface area contributed by atoms with Gasteiger partial charge in [-0.25, -0.2) is 15.0 Å². The highest BCUT2D eigenvalue weighted by Crippen LogP contribution is 2.37. The van der Waals surface area contributed by atoms with Crippen LogP contribution in [0.25, 0.3) is 122 Å². The van der Waals surface area contributed by atoms with Crippen LogP contribution in [0.1, 0.15) is 0 Å². The number of hydrogen-bond acceptors (Lipinski definition) is 5. The van der Waals surface area contributed by atoms with Gasteiger partial charge >= 0.3 is 0 Å². The van der Waals surface area contributed by atoms with Crippen molar-refractivity contribution < 1.29 is 0 Å². The Bertz CT molecular complexity index is 3480. The minimum absolute atomic E-state index is 0.601. The molecule has 0 atom stereocenters. The molecule has 3 heterocycles. The van der Waals surface area contributed by atoms with Crippen LogP contribution in [0.5, 0.6) is 0 Å². The molecule has 298 valence electrons. The van der Waals surface area contributed by atoms with Gasteiger partial charge in [0.1, 0.15) is 0 Å². The molecular formula is C59H37N5. The van der Waals surface area contributed by atoms with Gasteiger partial charge < -0.3 is 0 Å². The molecule has 12 rings (SSSR count). The summed E-state index contributed by atoms with van der Waals surface area (Å²) in [6, 6.07) is 74.7. The normalized spacial score (nSPS) is 11.4. The predicted octanol–water partition coefficient (Wildman–Crippen LogP) is 14.9. The lowest BCUT2D eigenvalue weighted by atomic mass is 9.93. The molecule has 3 aromatic heterocycles. The van der Waals surface area contributed by atoms with E-state index >= 15 is 0 Å². The maximum absolute atomic E-state index is 5.27. The second kappa shape index (κ2) is 15.7. The van der Waals surface area contributed by atoms with Gasteiger partial charge in [0, 0.05) is 39.9 Å². The van der Waals surface area contributed by atoms with Crippen LogP contribution in [0.2, 0.25) is 0 Å². The molecule has 0 saturated heterocycles. The topological polar surface area (TPSA) is 64.5 Å². The SMILES string of the molecule is c1ccc2cc(-c3nc(-c4cc(-c5ccc(-c6ccnc7ccccc67)cc5)cc(-c5ccc(-c6ccnc7ccccc67)cc5)c4)nc(-c4ccc5ccccc5c4)n3)ccc2c1. The zero-order valence-electron chi connectivity index (χ0n) is 34.6. The van der Waals surface area contributed by atoms with Gasteiger partial charge in [-0.1, -0.05) is 158 Å². The van der Waals surface area contributed by atoms with Crippen LogP contribution in [0.15, 0.2) is 225 Å². The van der Waals surface area contributed by atoms with Gasteiger partial charge in [-0.15, -0.1) is 0 Å². The highest BCUT2D eigenvalue weighted by atomic mass is 15.0. The molecule has 0 N–H and O–H groups in total. The van der Waals surface area contributed by atoms with E-state index in [2.05, 4.69) is 210 Å². The third-order valence-electron chi connectivity index (χ3n) is 12.2. The Labute approximate surface area is 370 Å². The van der Waals surface area contributed by atoms with Crippen LogP contribution in [0.3, 0.4) is 0 Å². The van der Waals surface area contributed by atoms with Crippen molar-refractivity contribution >= 4 is 43.4 Å². The highest BCUT2D eigenvalue weighted by Gasteiger charge is 2.17. The summed E-state index contributed by atoms with van der Waals surface area (Å²) in [5, 5.41) is 6.85. The van der Waals surface area contributed by atoms with Gasteiger partial charge in [-0.2, -0.15) is 0 Å². The van der Waals surface area contributed by atoms with Crippen LogP contribution in [0.4, 0.5) is 0 Å². The first-order valence-corrected chi connectivity index (χ1v) is 21.5. The van der Waals surface area contributed by atoms with Gasteiger partial charge in [0.25, 0.3) is 0 Å². The first-order valence-electron chi connectivity index (χ1n) is 21.5. The Morgan fingerprint density at radius 1 is 0.234 bits per heavy atom. The quantitative estimate of drug-likeness (QED) is 0.160. The second-order valence-corrected chi connectivity index (χ2v) is 16.1. The number of pyridine rings is 2. The molecule has 5 heteroatoms. The zero-order chi connectivity index (χ0) is 42.4. The molecule has 0 spiro atoms. The Morgan fingerprint density at radius 3 is 1.06 bits per heavy atom. The fraction of sp³-hybridized carbons (Fsp3) is 0. The van der Waals surface area contributed by atoms with E-state index in [0.29, 0.717) is 17.5 Å². The van der Waals surface area contributed by atoms with Gasteiger partial charge in [0.05, 0.1) is 11.0 Å². The van der Waals surface area contributed by atoms with E-state index in [1.165, 1.54) is 10.8 Å². The van der Waals surface area contributed by atoms with E-state index < -0.39 is 0 Å². The molecule has 0 fully saturated rings. The average molecular weight is 816 g/mol. The molecule has 0 aliphatic heterocycles. The van der Waals surface area contributed by atoms with Gasteiger partial charge in [-0.05, 0) is 121 Å². The standard InChI is InChI=1S/C59H37N5/c1-3-11-44-33-46(27-21-38(44)9-1)57-62-58(47-28-22-39-10-2-4-12-45(39)34-47)64-59(63-57)50-36-48(40-17-23-42(24-18-40)51-29-31-60-55-15-7-5-13-53(51)55)35-49(37-50)41-19-25-43(26-20-41)52-30-32-61-56-16-8-6-14-54(52)56/h1-37H. The lowest BCUT2D eigenvalue weighted by Gasteiger charge is -2.14. The molecule has 64 heavy (non-hydrogen) atoms. The van der Waals surface area contributed by atoms with E-state index in [0.717, 1.165) is 93.8 Å². The van der Waals surface area contributed by atoms with Crippen molar-refractivity contribution in [1.29, 1.82) is 0 Å². The number of aromatic nitrogens is 5. The lowest BCUT2D eigenvalue weighted by molar-refractivity contribution is 1.08. The number of rotatable bonds is 7. The zero-order valence-corrected chi connectivity index (χ0v) is 34.6. The Hall–Kier alpha value is -8.67. The lowest BCUT2D eigenvalue weighted by Crippen LogP contribution is -2.01. The van der Waals surface area contributed by atoms with Gasteiger partial charge in [-0.3, -0.25) is 9.97 Å². The summed E-state index contributed by atoms with van der Waals surface area (Å²) in [6.07, 6.45) is 3.77. The number of hydrogen-bond donors (Lipinski definition) is 0. The Morgan fingerprint density at radius 2 is 0.594 bits per heavy atom.